The molecule has 0 saturated carbocycles. The van der Waals surface area contributed by atoms with Crippen molar-refractivity contribution in [3.8, 4) is 65.5 Å². The van der Waals surface area contributed by atoms with E-state index in [1.54, 1.807) is 22.3 Å². The average Bonchev–Trinajstić information content (AvgIpc) is 2.58. The maximum Gasteiger partial charge on any atom is 0.123 e. The molecule has 3 aliphatic rings. The van der Waals surface area contributed by atoms with Gasteiger partial charge in [0.1, 0.15) is 5.01 Å². The zero-order valence-electron chi connectivity index (χ0n) is 52.1. The summed E-state index contributed by atoms with van der Waals surface area (Å²) in [4.78, 5) is 9.86. The lowest BCUT2D eigenvalue weighted by molar-refractivity contribution is 0.398. The van der Waals surface area contributed by atoms with Crippen LogP contribution >= 0.6 is 34.0 Å². The van der Waals surface area contributed by atoms with Crippen LogP contribution in [0.3, 0.4) is 0 Å². The molecule has 3 heterocycles. The largest absolute Gasteiger partial charge is 0.241 e. The van der Waals surface area contributed by atoms with Gasteiger partial charge in [0.25, 0.3) is 0 Å². The summed E-state index contributed by atoms with van der Waals surface area (Å²) in [5.74, 6) is 0. The number of hydrogen-bond donors (Lipinski definition) is 0. The molecule has 438 valence electrons. The summed E-state index contributed by atoms with van der Waals surface area (Å²) >= 11 is 5.91. The van der Waals surface area contributed by atoms with Gasteiger partial charge >= 0.3 is 0 Å². The lowest BCUT2D eigenvalue weighted by atomic mass is 9.70. The third kappa shape index (κ3) is 13.2. The number of aryl methyl sites for hydroxylation is 4. The zero-order chi connectivity index (χ0) is 57.2. The fourth-order valence-corrected chi connectivity index (χ4v) is 18.9. The minimum atomic E-state index is -0.0328. The van der Waals surface area contributed by atoms with Crippen molar-refractivity contribution in [3.63, 3.8) is 0 Å². The smallest absolute Gasteiger partial charge is 0.123 e. The van der Waals surface area contributed by atoms with E-state index in [1.807, 2.05) is 34.0 Å². The van der Waals surface area contributed by atoms with E-state index in [0.717, 1.165) is 6.42 Å². The molecule has 0 aliphatic heterocycles. The van der Waals surface area contributed by atoms with Crippen molar-refractivity contribution in [2.24, 2.45) is 0 Å². The summed E-state index contributed by atoms with van der Waals surface area (Å²) in [5, 5.41) is 1.20. The monoisotopic (exact) mass is 1160 g/mol. The number of thiazole rings is 1. The van der Waals surface area contributed by atoms with Crippen molar-refractivity contribution in [2.45, 2.75) is 258 Å². The van der Waals surface area contributed by atoms with Crippen LogP contribution in [0.4, 0.5) is 0 Å². The van der Waals surface area contributed by atoms with Crippen LogP contribution in [0.1, 0.15) is 264 Å². The molecular formula is C79H99NS3. The number of aromatic nitrogens is 1. The molecule has 0 N–H and O–H groups in total. The number of thiophene rings is 2. The third-order valence-electron chi connectivity index (χ3n) is 20.0. The van der Waals surface area contributed by atoms with Gasteiger partial charge in [-0.05, 0) is 186 Å². The van der Waals surface area contributed by atoms with Crippen molar-refractivity contribution >= 4 is 43.4 Å². The summed E-state index contributed by atoms with van der Waals surface area (Å²) in [6.07, 6.45) is 41.6. The van der Waals surface area contributed by atoms with Gasteiger partial charge < -0.3 is 0 Å². The highest BCUT2D eigenvalue weighted by molar-refractivity contribution is 7.29. The van der Waals surface area contributed by atoms with E-state index in [2.05, 4.69) is 145 Å². The Labute approximate surface area is 514 Å². The maximum absolute atomic E-state index is 5.52. The van der Waals surface area contributed by atoms with Crippen LogP contribution in [0, 0.1) is 13.8 Å². The molecule has 0 saturated heterocycles. The molecule has 4 heteroatoms. The first kappa shape index (κ1) is 60.1. The normalized spacial score (nSPS) is 14.5. The van der Waals surface area contributed by atoms with Gasteiger partial charge in [0.2, 0.25) is 0 Å². The molecule has 0 radical (unpaired) electrons. The Morgan fingerprint density at radius 2 is 0.771 bits per heavy atom. The topological polar surface area (TPSA) is 12.9 Å². The standard InChI is InChI=1S/C79H99NS3/c1-7-11-15-19-23-29-43-78(44-30-24-20-16-12-8-2)68-47-56(5)35-39-64(68)65-40-36-58(52-69(65)78)61-49-62(51-63(50-61)77-80-72-33-27-28-34-73(72)83-77)59-37-41-66-67-42-38-60(74-55-76-75(82-74)48-57(6)81-76)54-71(67)79(70(66)53-59,45-31-25-21-17-13-9-3)46-32-26-22-18-14-10-4/h35-42,47-55H,7-34,43-46H2,1-6H3. The third-order valence-corrected chi connectivity index (χ3v) is 23.5. The molecule has 0 spiro atoms. The second-order valence-electron chi connectivity index (χ2n) is 26.2. The Morgan fingerprint density at radius 3 is 1.25 bits per heavy atom. The number of unbranched alkanes of at least 4 members (excludes halogenated alkanes) is 20. The predicted molar refractivity (Wildman–Crippen MR) is 368 cm³/mol. The summed E-state index contributed by atoms with van der Waals surface area (Å²) in [6.45, 7) is 14.0. The maximum atomic E-state index is 5.52. The fourth-order valence-electron chi connectivity index (χ4n) is 15.4. The zero-order valence-corrected chi connectivity index (χ0v) is 54.6. The molecule has 0 atom stereocenters. The van der Waals surface area contributed by atoms with Crippen LogP contribution in [0.15, 0.2) is 103 Å². The SMILES string of the molecule is CCCCCCCCC1(CCCCCCCC)c2cc(C)ccc2-c2ccc(-c3cc(-c4ccc5c(c4)C(CCCCCCCC)(CCCCCCCC)c4cc(-c6cc7sc(C)cc7s6)ccc4-5)cc(-c4nc5c(s4)CCCC5)c3)cc21. The van der Waals surface area contributed by atoms with Crippen LogP contribution in [0.5, 0.6) is 0 Å². The molecule has 0 unspecified atom stereocenters. The van der Waals surface area contributed by atoms with Gasteiger partial charge in [-0.3, -0.25) is 0 Å². The van der Waals surface area contributed by atoms with Gasteiger partial charge in [-0.1, -0.05) is 242 Å². The first-order valence-electron chi connectivity index (χ1n) is 34.0. The van der Waals surface area contributed by atoms with E-state index in [0.29, 0.717) is 0 Å². The highest BCUT2D eigenvalue weighted by Gasteiger charge is 2.44. The van der Waals surface area contributed by atoms with Crippen LogP contribution in [0.2, 0.25) is 0 Å². The molecule has 11 rings (SSSR count). The summed E-state index contributed by atoms with van der Waals surface area (Å²) in [5.41, 5.74) is 23.1. The molecule has 0 fully saturated rings. The Bertz CT molecular complexity index is 3340. The summed E-state index contributed by atoms with van der Waals surface area (Å²) < 4.78 is 2.86. The average molecular weight is 1160 g/mol. The minimum Gasteiger partial charge on any atom is -0.241 e. The number of benzene rings is 5. The Balaban J connectivity index is 1.03. The van der Waals surface area contributed by atoms with Crippen LogP contribution in [-0.4, -0.2) is 4.98 Å². The van der Waals surface area contributed by atoms with Crippen LogP contribution < -0.4 is 0 Å². The summed E-state index contributed by atoms with van der Waals surface area (Å²) in [6, 6.07) is 43.2. The molecule has 8 aromatic rings. The van der Waals surface area contributed by atoms with Gasteiger partial charge in [-0.25, -0.2) is 4.98 Å². The van der Waals surface area contributed by atoms with E-state index in [-0.39, 0.29) is 10.8 Å². The van der Waals surface area contributed by atoms with E-state index < -0.39 is 0 Å². The summed E-state index contributed by atoms with van der Waals surface area (Å²) in [7, 11) is 0. The lowest BCUT2D eigenvalue weighted by Gasteiger charge is -2.33. The Hall–Kier alpha value is -4.61. The first-order chi connectivity index (χ1) is 40.7. The van der Waals surface area contributed by atoms with Crippen LogP contribution in [0.25, 0.3) is 74.9 Å². The highest BCUT2D eigenvalue weighted by Crippen LogP contribution is 2.58. The van der Waals surface area contributed by atoms with Gasteiger partial charge in [0.15, 0.2) is 0 Å². The van der Waals surface area contributed by atoms with Gasteiger partial charge in [0, 0.05) is 40.4 Å². The van der Waals surface area contributed by atoms with Crippen molar-refractivity contribution < 1.29 is 0 Å². The highest BCUT2D eigenvalue weighted by atomic mass is 32.1. The van der Waals surface area contributed by atoms with Crippen LogP contribution in [-0.2, 0) is 23.7 Å². The minimum absolute atomic E-state index is 0.0276. The number of hydrogen-bond acceptors (Lipinski definition) is 4. The molecule has 0 amide bonds. The van der Waals surface area contributed by atoms with Gasteiger partial charge in [0.05, 0.1) is 5.69 Å². The van der Waals surface area contributed by atoms with Crippen molar-refractivity contribution in [1.29, 1.82) is 0 Å². The van der Waals surface area contributed by atoms with E-state index in [9.17, 15) is 0 Å². The fraction of sp³-hybridized carbons (Fsp3) is 0.506. The second kappa shape index (κ2) is 28.3. The first-order valence-corrected chi connectivity index (χ1v) is 36.4. The Kier molecular flexibility index (Phi) is 20.5. The van der Waals surface area contributed by atoms with Gasteiger partial charge in [-0.15, -0.1) is 34.0 Å². The van der Waals surface area contributed by atoms with Crippen molar-refractivity contribution in [3.05, 3.63) is 146 Å². The molecular weight excluding hydrogens is 1060 g/mol. The van der Waals surface area contributed by atoms with E-state index in [4.69, 9.17) is 4.98 Å². The Morgan fingerprint density at radius 1 is 0.361 bits per heavy atom. The predicted octanol–water partition coefficient (Wildman–Crippen LogP) is 26.1. The lowest BCUT2D eigenvalue weighted by Crippen LogP contribution is -2.25. The quantitative estimate of drug-likeness (QED) is 0.0383. The number of rotatable bonds is 32. The van der Waals surface area contributed by atoms with E-state index >= 15 is 0 Å². The molecule has 5 aromatic carbocycles. The van der Waals surface area contributed by atoms with Gasteiger partial charge in [-0.2, -0.15) is 0 Å². The second-order valence-corrected chi connectivity index (χ2v) is 29.6. The van der Waals surface area contributed by atoms with Crippen molar-refractivity contribution in [1.82, 2.24) is 4.98 Å². The van der Waals surface area contributed by atoms with E-state index in [1.165, 1.54) is 295 Å². The number of nitrogens with zero attached hydrogens (tertiary/aromatic N) is 1. The molecule has 0 bridgehead atoms. The van der Waals surface area contributed by atoms with Crippen molar-refractivity contribution in [2.75, 3.05) is 0 Å². The number of fused-ring (bicyclic) bond motifs is 8. The molecule has 3 aliphatic carbocycles. The molecule has 1 nitrogen and oxygen atoms in total. The molecule has 3 aromatic heterocycles. The molecule has 83 heavy (non-hydrogen) atoms.